The van der Waals surface area contributed by atoms with Crippen molar-refractivity contribution < 1.29 is 0 Å². The quantitative estimate of drug-likeness (QED) is 0.360. The molecule has 0 saturated heterocycles. The van der Waals surface area contributed by atoms with Gasteiger partial charge in [0.15, 0.2) is 5.96 Å². The Hall–Kier alpha value is -1.64. The van der Waals surface area contributed by atoms with E-state index in [1.165, 1.54) is 11.1 Å². The molecule has 1 heterocycles. The monoisotopic (exact) mass is 484 g/mol. The van der Waals surface area contributed by atoms with Crippen LogP contribution in [0, 0.1) is 0 Å². The maximum Gasteiger partial charge on any atom is 0.191 e. The van der Waals surface area contributed by atoms with Gasteiger partial charge in [-0.15, -0.1) is 34.2 Å². The first-order chi connectivity index (χ1) is 12.4. The van der Waals surface area contributed by atoms with Gasteiger partial charge in [0.25, 0.3) is 0 Å². The number of benzene rings is 1. The van der Waals surface area contributed by atoms with Crippen LogP contribution in [0.1, 0.15) is 44.6 Å². The van der Waals surface area contributed by atoms with Crippen molar-refractivity contribution in [1.29, 1.82) is 0 Å². The number of aliphatic imine (C=N–C) groups is 1. The lowest BCUT2D eigenvalue weighted by Crippen LogP contribution is -2.39. The molecular formula is C20H33IN6. The number of aromatic nitrogens is 3. The Kier molecular flexibility index (Phi) is 9.76. The fourth-order valence-electron chi connectivity index (χ4n) is 2.75. The third-order valence-electron chi connectivity index (χ3n) is 4.41. The van der Waals surface area contributed by atoms with E-state index in [4.69, 9.17) is 0 Å². The van der Waals surface area contributed by atoms with Gasteiger partial charge in [0.1, 0.15) is 12.2 Å². The first-order valence-corrected chi connectivity index (χ1v) is 9.34. The van der Waals surface area contributed by atoms with Crippen molar-refractivity contribution in [3.63, 3.8) is 0 Å². The second-order valence-electron chi connectivity index (χ2n) is 7.42. The van der Waals surface area contributed by atoms with E-state index in [9.17, 15) is 0 Å². The van der Waals surface area contributed by atoms with Gasteiger partial charge < -0.3 is 15.2 Å². The Morgan fingerprint density at radius 3 is 2.37 bits per heavy atom. The van der Waals surface area contributed by atoms with E-state index in [1.54, 1.807) is 13.4 Å². The number of aryl methyl sites for hydroxylation is 1. The van der Waals surface area contributed by atoms with Crippen molar-refractivity contribution >= 4 is 29.9 Å². The summed E-state index contributed by atoms with van der Waals surface area (Å²) in [4.78, 5) is 4.28. The van der Waals surface area contributed by atoms with E-state index in [2.05, 4.69) is 82.4 Å². The maximum atomic E-state index is 4.28. The second kappa shape index (κ2) is 11.3. The largest absolute Gasteiger partial charge is 0.356 e. The average Bonchev–Trinajstić information content (AvgIpc) is 3.07. The van der Waals surface area contributed by atoms with Crippen LogP contribution in [0.4, 0.5) is 0 Å². The average molecular weight is 484 g/mol. The summed E-state index contributed by atoms with van der Waals surface area (Å²) in [5, 5.41) is 14.8. The van der Waals surface area contributed by atoms with Crippen LogP contribution in [-0.4, -0.2) is 40.9 Å². The van der Waals surface area contributed by atoms with Gasteiger partial charge in [-0.3, -0.25) is 4.99 Å². The van der Waals surface area contributed by atoms with Gasteiger partial charge >= 0.3 is 0 Å². The first-order valence-electron chi connectivity index (χ1n) is 9.34. The highest BCUT2D eigenvalue weighted by atomic mass is 127. The maximum absolute atomic E-state index is 4.28. The van der Waals surface area contributed by atoms with Gasteiger partial charge in [-0.1, -0.05) is 52.0 Å². The van der Waals surface area contributed by atoms with Gasteiger partial charge in [-0.25, -0.2) is 0 Å². The zero-order valence-electron chi connectivity index (χ0n) is 17.1. The molecule has 0 unspecified atom stereocenters. The molecular weight excluding hydrogens is 451 g/mol. The van der Waals surface area contributed by atoms with Crippen LogP contribution >= 0.6 is 24.0 Å². The van der Waals surface area contributed by atoms with Crippen molar-refractivity contribution in [3.05, 3.63) is 47.5 Å². The molecule has 2 aromatic rings. The summed E-state index contributed by atoms with van der Waals surface area (Å²) in [6.45, 7) is 11.3. The van der Waals surface area contributed by atoms with Crippen LogP contribution in [-0.2, 0) is 24.8 Å². The topological polar surface area (TPSA) is 67.1 Å². The number of nitrogens with zero attached hydrogens (tertiary/aromatic N) is 4. The van der Waals surface area contributed by atoms with Crippen LogP contribution < -0.4 is 10.6 Å². The standard InChI is InChI=1S/C20H32N6.HI/c1-6-18-25-24-15-26(18)14-13-23-19(21-5)22-12-11-16-7-9-17(10-8-16)20(2,3)4;/h7-10,15H,6,11-14H2,1-5H3,(H2,21,22,23);1H. The van der Waals surface area contributed by atoms with E-state index < -0.39 is 0 Å². The lowest BCUT2D eigenvalue weighted by atomic mass is 9.86. The highest BCUT2D eigenvalue weighted by molar-refractivity contribution is 14.0. The second-order valence-corrected chi connectivity index (χ2v) is 7.42. The molecule has 0 aliphatic rings. The third kappa shape index (κ3) is 7.48. The summed E-state index contributed by atoms with van der Waals surface area (Å²) in [5.41, 5.74) is 2.90. The molecule has 0 saturated carbocycles. The number of hydrogen-bond donors (Lipinski definition) is 2. The molecule has 7 heteroatoms. The minimum atomic E-state index is 0. The summed E-state index contributed by atoms with van der Waals surface area (Å²) in [6.07, 6.45) is 3.63. The van der Waals surface area contributed by atoms with Gasteiger partial charge in [-0.2, -0.15) is 0 Å². The Morgan fingerprint density at radius 2 is 1.78 bits per heavy atom. The summed E-state index contributed by atoms with van der Waals surface area (Å²) >= 11 is 0. The van der Waals surface area contributed by atoms with Crippen molar-refractivity contribution in [2.45, 2.75) is 52.5 Å². The fraction of sp³-hybridized carbons (Fsp3) is 0.550. The van der Waals surface area contributed by atoms with Crippen LogP contribution in [0.25, 0.3) is 0 Å². The number of guanidine groups is 1. The Bertz CT molecular complexity index is 700. The van der Waals surface area contributed by atoms with Crippen molar-refractivity contribution in [3.8, 4) is 0 Å². The normalized spacial score (nSPS) is 11.8. The number of hydrogen-bond acceptors (Lipinski definition) is 3. The van der Waals surface area contributed by atoms with E-state index in [0.29, 0.717) is 0 Å². The van der Waals surface area contributed by atoms with Gasteiger partial charge in [0, 0.05) is 33.1 Å². The molecule has 0 atom stereocenters. The molecule has 0 aliphatic carbocycles. The SMILES string of the molecule is CCc1nncn1CCNC(=NC)NCCc1ccc(C(C)(C)C)cc1.I. The first kappa shape index (κ1) is 23.4. The molecule has 0 fully saturated rings. The third-order valence-corrected chi connectivity index (χ3v) is 4.41. The van der Waals surface area contributed by atoms with Crippen LogP contribution in [0.5, 0.6) is 0 Å². The van der Waals surface area contributed by atoms with Gasteiger partial charge in [0.2, 0.25) is 0 Å². The summed E-state index contributed by atoms with van der Waals surface area (Å²) in [7, 11) is 1.80. The molecule has 0 spiro atoms. The van der Waals surface area contributed by atoms with Crippen molar-refractivity contribution in [1.82, 2.24) is 25.4 Å². The van der Waals surface area contributed by atoms with E-state index in [0.717, 1.165) is 44.3 Å². The Morgan fingerprint density at radius 1 is 1.11 bits per heavy atom. The molecule has 1 aromatic carbocycles. The molecule has 0 bridgehead atoms. The molecule has 0 radical (unpaired) electrons. The highest BCUT2D eigenvalue weighted by Crippen LogP contribution is 2.22. The zero-order chi connectivity index (χ0) is 19.0. The summed E-state index contributed by atoms with van der Waals surface area (Å²) in [5.74, 6) is 1.83. The Balaban J connectivity index is 0.00000364. The van der Waals surface area contributed by atoms with Crippen molar-refractivity contribution in [2.24, 2.45) is 4.99 Å². The van der Waals surface area contributed by atoms with E-state index in [-0.39, 0.29) is 29.4 Å². The Labute approximate surface area is 180 Å². The fourth-order valence-corrected chi connectivity index (χ4v) is 2.75. The molecule has 150 valence electrons. The van der Waals surface area contributed by atoms with Crippen LogP contribution in [0.15, 0.2) is 35.6 Å². The molecule has 0 amide bonds. The molecule has 2 rings (SSSR count). The smallest absolute Gasteiger partial charge is 0.191 e. The molecule has 1 aromatic heterocycles. The number of rotatable bonds is 7. The predicted octanol–water partition coefficient (Wildman–Crippen LogP) is 3.16. The minimum absolute atomic E-state index is 0. The number of halogens is 1. The predicted molar refractivity (Wildman–Crippen MR) is 123 cm³/mol. The highest BCUT2D eigenvalue weighted by Gasteiger charge is 2.12. The minimum Gasteiger partial charge on any atom is -0.356 e. The zero-order valence-corrected chi connectivity index (χ0v) is 19.4. The van der Waals surface area contributed by atoms with Crippen molar-refractivity contribution in [2.75, 3.05) is 20.1 Å². The van der Waals surface area contributed by atoms with Crippen LogP contribution in [0.2, 0.25) is 0 Å². The summed E-state index contributed by atoms with van der Waals surface area (Å²) in [6, 6.07) is 8.90. The van der Waals surface area contributed by atoms with E-state index in [1.807, 2.05) is 0 Å². The molecule has 6 nitrogen and oxygen atoms in total. The lowest BCUT2D eigenvalue weighted by molar-refractivity contribution is 0.590. The van der Waals surface area contributed by atoms with Crippen LogP contribution in [0.3, 0.4) is 0 Å². The van der Waals surface area contributed by atoms with Gasteiger partial charge in [-0.05, 0) is 23.0 Å². The summed E-state index contributed by atoms with van der Waals surface area (Å²) < 4.78 is 2.07. The lowest BCUT2D eigenvalue weighted by Gasteiger charge is -2.19. The molecule has 27 heavy (non-hydrogen) atoms. The molecule has 2 N–H and O–H groups in total. The van der Waals surface area contributed by atoms with E-state index >= 15 is 0 Å². The number of nitrogens with one attached hydrogen (secondary N) is 2. The van der Waals surface area contributed by atoms with Gasteiger partial charge in [0.05, 0.1) is 0 Å². The molecule has 0 aliphatic heterocycles.